The van der Waals surface area contributed by atoms with Gasteiger partial charge in [0.2, 0.25) is 17.7 Å². The van der Waals surface area contributed by atoms with E-state index in [0.29, 0.717) is 10.8 Å². The Balaban J connectivity index is 1.48. The molecule has 3 unspecified atom stereocenters. The fourth-order valence-electron chi connectivity index (χ4n) is 3.04. The molecule has 10 heteroatoms. The minimum Gasteiger partial charge on any atom is -0.359 e. The number of hydrogen-bond donors (Lipinski definition) is 4. The van der Waals surface area contributed by atoms with E-state index in [1.165, 1.54) is 16.9 Å². The monoisotopic (exact) mass is 447 g/mol. The molecule has 1 fully saturated rings. The van der Waals surface area contributed by atoms with E-state index in [-0.39, 0.29) is 42.1 Å². The van der Waals surface area contributed by atoms with Crippen LogP contribution in [0, 0.1) is 5.92 Å². The summed E-state index contributed by atoms with van der Waals surface area (Å²) in [4.78, 5) is 40.6. The molecule has 1 aromatic heterocycles. The Morgan fingerprint density at radius 1 is 1.23 bits per heavy atom. The summed E-state index contributed by atoms with van der Waals surface area (Å²) in [6.45, 7) is 1.91. The highest BCUT2D eigenvalue weighted by atomic mass is 32.2. The third-order valence-corrected chi connectivity index (χ3v) is 6.61. The van der Waals surface area contributed by atoms with E-state index in [9.17, 15) is 14.4 Å². The van der Waals surface area contributed by atoms with E-state index >= 15 is 0 Å². The molecule has 3 rings (SSSR count). The number of aromatic nitrogens is 1. The van der Waals surface area contributed by atoms with Crippen molar-refractivity contribution in [2.24, 2.45) is 5.92 Å². The number of thioether (sulfide) groups is 1. The summed E-state index contributed by atoms with van der Waals surface area (Å²) < 4.78 is 0. The molecule has 2 aromatic rings. The number of amides is 3. The second kappa shape index (κ2) is 10.6. The fourth-order valence-corrected chi connectivity index (χ4v) is 4.83. The molecule has 1 aromatic carbocycles. The Kier molecular flexibility index (Phi) is 7.83. The van der Waals surface area contributed by atoms with Crippen LogP contribution in [0.4, 0.5) is 5.13 Å². The highest BCUT2D eigenvalue weighted by Gasteiger charge is 2.35. The molecule has 1 aliphatic rings. The maximum absolute atomic E-state index is 12.6. The third-order valence-electron chi connectivity index (χ3n) is 4.71. The molecule has 1 saturated heterocycles. The van der Waals surface area contributed by atoms with Crippen molar-refractivity contribution in [3.8, 4) is 0 Å². The maximum Gasteiger partial charge on any atom is 0.227 e. The molecule has 0 saturated carbocycles. The van der Waals surface area contributed by atoms with Crippen LogP contribution in [0.5, 0.6) is 0 Å². The highest BCUT2D eigenvalue weighted by Crippen LogP contribution is 2.23. The average Bonchev–Trinajstić information content (AvgIpc) is 3.16. The van der Waals surface area contributed by atoms with Gasteiger partial charge in [-0.15, -0.1) is 23.1 Å². The number of benzene rings is 1. The van der Waals surface area contributed by atoms with Crippen LogP contribution in [0.3, 0.4) is 0 Å². The number of carbonyl (C=O) groups excluding carboxylic acids is 3. The average molecular weight is 448 g/mol. The van der Waals surface area contributed by atoms with Crippen LogP contribution >= 0.6 is 23.1 Å². The zero-order chi connectivity index (χ0) is 21.5. The SMILES string of the molecule is CNC(=O)Cc1csc(NC(=O)CC2C(=O)NC(SCc3ccccc3)NC2C)n1. The Labute approximate surface area is 183 Å². The molecule has 30 heavy (non-hydrogen) atoms. The standard InChI is InChI=1S/C20H25N5O3S2/c1-12-15(9-17(27)24-20-23-14(11-30-20)8-16(26)21-2)18(28)25-19(22-12)29-10-13-6-4-3-5-7-13/h3-7,11-12,15,19,22H,8-10H2,1-2H3,(H,21,26)(H,25,28)(H,23,24,27). The molecule has 8 nitrogen and oxygen atoms in total. The second-order valence-corrected chi connectivity index (χ2v) is 8.94. The number of anilines is 1. The predicted molar refractivity (Wildman–Crippen MR) is 119 cm³/mol. The van der Waals surface area contributed by atoms with E-state index < -0.39 is 5.92 Å². The lowest BCUT2D eigenvalue weighted by Gasteiger charge is -2.35. The fraction of sp³-hybridized carbons (Fsp3) is 0.400. The van der Waals surface area contributed by atoms with Crippen LogP contribution in [0.2, 0.25) is 0 Å². The van der Waals surface area contributed by atoms with Gasteiger partial charge in [0.15, 0.2) is 5.13 Å². The van der Waals surface area contributed by atoms with Gasteiger partial charge >= 0.3 is 0 Å². The van der Waals surface area contributed by atoms with Gasteiger partial charge < -0.3 is 16.0 Å². The van der Waals surface area contributed by atoms with Gasteiger partial charge in [-0.2, -0.15) is 0 Å². The molecule has 4 N–H and O–H groups in total. The molecule has 1 aliphatic heterocycles. The highest BCUT2D eigenvalue weighted by molar-refractivity contribution is 7.99. The van der Waals surface area contributed by atoms with Crippen LogP contribution in [0.15, 0.2) is 35.7 Å². The Bertz CT molecular complexity index is 890. The summed E-state index contributed by atoms with van der Waals surface area (Å²) in [5, 5.41) is 13.7. The van der Waals surface area contributed by atoms with E-state index in [0.717, 1.165) is 5.75 Å². The molecule has 0 radical (unpaired) electrons. The van der Waals surface area contributed by atoms with Crippen LogP contribution in [-0.4, -0.2) is 41.3 Å². The first-order valence-corrected chi connectivity index (χ1v) is 11.5. The minimum atomic E-state index is -0.469. The Hall–Kier alpha value is -2.43. The van der Waals surface area contributed by atoms with Gasteiger partial charge in [-0.05, 0) is 12.5 Å². The van der Waals surface area contributed by atoms with Gasteiger partial charge in [-0.25, -0.2) is 4.98 Å². The number of carbonyl (C=O) groups is 3. The lowest BCUT2D eigenvalue weighted by molar-refractivity contribution is -0.131. The Morgan fingerprint density at radius 2 is 2.00 bits per heavy atom. The summed E-state index contributed by atoms with van der Waals surface area (Å²) in [5.41, 5.74) is 1.59. The van der Waals surface area contributed by atoms with Gasteiger partial charge in [0, 0.05) is 30.6 Å². The number of likely N-dealkylation sites (N-methyl/N-ethyl adjacent to an activating group) is 1. The molecular weight excluding hydrogens is 422 g/mol. The molecule has 2 heterocycles. The number of nitrogens with zero attached hydrogens (tertiary/aromatic N) is 1. The summed E-state index contributed by atoms with van der Waals surface area (Å²) >= 11 is 2.86. The second-order valence-electron chi connectivity index (χ2n) is 6.99. The van der Waals surface area contributed by atoms with E-state index in [4.69, 9.17) is 0 Å². The number of thiazole rings is 1. The summed E-state index contributed by atoms with van der Waals surface area (Å²) in [6, 6.07) is 9.91. The van der Waals surface area contributed by atoms with Crippen molar-refractivity contribution in [3.63, 3.8) is 0 Å². The van der Waals surface area contributed by atoms with E-state index in [1.807, 2.05) is 37.3 Å². The smallest absolute Gasteiger partial charge is 0.227 e. The summed E-state index contributed by atoms with van der Waals surface area (Å²) in [5.74, 6) is -0.249. The van der Waals surface area contributed by atoms with E-state index in [2.05, 4.69) is 26.3 Å². The van der Waals surface area contributed by atoms with Crippen LogP contribution in [0.25, 0.3) is 0 Å². The first-order chi connectivity index (χ1) is 14.4. The van der Waals surface area contributed by atoms with Gasteiger partial charge in [-0.3, -0.25) is 19.7 Å². The van der Waals surface area contributed by atoms with Crippen LogP contribution in [-0.2, 0) is 26.6 Å². The quantitative estimate of drug-likeness (QED) is 0.490. The minimum absolute atomic E-state index is 0.0560. The van der Waals surface area contributed by atoms with Crippen LogP contribution in [0.1, 0.15) is 24.6 Å². The van der Waals surface area contributed by atoms with Crippen LogP contribution < -0.4 is 21.3 Å². The molecule has 0 aliphatic carbocycles. The normalized spacial score (nSPS) is 21.0. The first kappa shape index (κ1) is 22.3. The number of rotatable bonds is 8. The van der Waals surface area contributed by atoms with E-state index in [1.54, 1.807) is 24.2 Å². The van der Waals surface area contributed by atoms with Gasteiger partial charge in [0.1, 0.15) is 5.50 Å². The number of nitrogens with one attached hydrogen (secondary N) is 4. The zero-order valence-corrected chi connectivity index (χ0v) is 18.4. The van der Waals surface area contributed by atoms with Crippen molar-refractivity contribution in [1.29, 1.82) is 0 Å². The van der Waals surface area contributed by atoms with Crippen molar-refractivity contribution in [1.82, 2.24) is 20.9 Å². The maximum atomic E-state index is 12.6. The van der Waals surface area contributed by atoms with Crippen molar-refractivity contribution in [2.45, 2.75) is 37.1 Å². The van der Waals surface area contributed by atoms with Gasteiger partial charge in [0.25, 0.3) is 0 Å². The first-order valence-electron chi connectivity index (χ1n) is 9.61. The molecule has 3 amide bonds. The molecular formula is C20H25N5O3S2. The summed E-state index contributed by atoms with van der Waals surface area (Å²) in [7, 11) is 1.56. The van der Waals surface area contributed by atoms with Crippen molar-refractivity contribution >= 4 is 46.0 Å². The molecule has 0 bridgehead atoms. The third kappa shape index (κ3) is 6.28. The van der Waals surface area contributed by atoms with Crippen molar-refractivity contribution in [3.05, 3.63) is 47.0 Å². The zero-order valence-electron chi connectivity index (χ0n) is 16.8. The molecule has 160 valence electrons. The Morgan fingerprint density at radius 3 is 2.70 bits per heavy atom. The largest absolute Gasteiger partial charge is 0.359 e. The summed E-state index contributed by atoms with van der Waals surface area (Å²) in [6.07, 6.45) is 0.220. The topological polar surface area (TPSA) is 112 Å². The van der Waals surface area contributed by atoms with Gasteiger partial charge in [-0.1, -0.05) is 30.3 Å². The van der Waals surface area contributed by atoms with Crippen molar-refractivity contribution < 1.29 is 14.4 Å². The molecule has 0 spiro atoms. The van der Waals surface area contributed by atoms with Gasteiger partial charge in [0.05, 0.1) is 18.0 Å². The lowest BCUT2D eigenvalue weighted by atomic mass is 9.94. The number of hydrogen-bond acceptors (Lipinski definition) is 7. The van der Waals surface area contributed by atoms with Crippen molar-refractivity contribution in [2.75, 3.05) is 12.4 Å². The predicted octanol–water partition coefficient (Wildman–Crippen LogP) is 1.70. The lowest BCUT2D eigenvalue weighted by Crippen LogP contribution is -2.59. The molecule has 3 atom stereocenters.